The molecule has 1 aliphatic rings. The van der Waals surface area contributed by atoms with Crippen molar-refractivity contribution in [3.05, 3.63) is 40.8 Å². The Balaban J connectivity index is 1.87. The molecule has 1 unspecified atom stereocenters. The summed E-state index contributed by atoms with van der Waals surface area (Å²) < 4.78 is 7.33. The Kier molecular flexibility index (Phi) is 4.76. The summed E-state index contributed by atoms with van der Waals surface area (Å²) >= 11 is 6.22. The van der Waals surface area contributed by atoms with E-state index >= 15 is 0 Å². The Hall–Kier alpha value is -2.08. The first-order chi connectivity index (χ1) is 11.5. The average Bonchev–Trinajstić information content (AvgIpc) is 3.16. The summed E-state index contributed by atoms with van der Waals surface area (Å²) in [6.07, 6.45) is 5.60. The normalized spacial score (nSPS) is 17.5. The zero-order valence-electron chi connectivity index (χ0n) is 14.1. The largest absolute Gasteiger partial charge is 0.475 e. The van der Waals surface area contributed by atoms with E-state index in [1.165, 1.54) is 0 Å². The van der Waals surface area contributed by atoms with Crippen LogP contribution in [0.2, 0.25) is 5.02 Å². The number of pyridine rings is 1. The van der Waals surface area contributed by atoms with E-state index < -0.39 is 0 Å². The number of halogens is 1. The molecule has 7 heteroatoms. The van der Waals surface area contributed by atoms with E-state index in [4.69, 9.17) is 16.3 Å². The van der Waals surface area contributed by atoms with Gasteiger partial charge in [0.2, 0.25) is 5.88 Å². The number of ether oxygens (including phenoxy) is 1. The van der Waals surface area contributed by atoms with Gasteiger partial charge in [-0.1, -0.05) is 11.6 Å². The predicted octanol–water partition coefficient (Wildman–Crippen LogP) is 3.23. The van der Waals surface area contributed by atoms with Gasteiger partial charge >= 0.3 is 0 Å². The standard InChI is InChI=1S/C17H21ClN4O2/c1-11(2)24-15-7-6-13(18)16(20-15)17(23)22-8-4-5-14(22)12-9-19-21(3)10-12/h6-7,9-11,14H,4-5,8H2,1-3H3. The Morgan fingerprint density at radius 2 is 2.21 bits per heavy atom. The number of nitrogens with zero attached hydrogens (tertiary/aromatic N) is 4. The van der Waals surface area contributed by atoms with Gasteiger partial charge in [0.15, 0.2) is 5.69 Å². The van der Waals surface area contributed by atoms with Crippen molar-refractivity contribution in [3.8, 4) is 5.88 Å². The van der Waals surface area contributed by atoms with Crippen molar-refractivity contribution in [3.63, 3.8) is 0 Å². The van der Waals surface area contributed by atoms with E-state index in [2.05, 4.69) is 10.1 Å². The summed E-state index contributed by atoms with van der Waals surface area (Å²) in [6.45, 7) is 4.51. The maximum absolute atomic E-state index is 13.0. The molecule has 1 amide bonds. The molecule has 2 aromatic rings. The van der Waals surface area contributed by atoms with Gasteiger partial charge in [0.25, 0.3) is 5.91 Å². The third-order valence-corrected chi connectivity index (χ3v) is 4.31. The van der Waals surface area contributed by atoms with Crippen LogP contribution < -0.4 is 4.74 Å². The molecular formula is C17H21ClN4O2. The fraction of sp³-hybridized carbons (Fsp3) is 0.471. The lowest BCUT2D eigenvalue weighted by Crippen LogP contribution is -2.31. The molecule has 2 aromatic heterocycles. The Morgan fingerprint density at radius 3 is 2.88 bits per heavy atom. The highest BCUT2D eigenvalue weighted by atomic mass is 35.5. The number of hydrogen-bond acceptors (Lipinski definition) is 4. The van der Waals surface area contributed by atoms with Crippen molar-refractivity contribution >= 4 is 17.5 Å². The van der Waals surface area contributed by atoms with E-state index in [0.717, 1.165) is 18.4 Å². The Bertz CT molecular complexity index is 744. The third-order valence-electron chi connectivity index (χ3n) is 4.00. The van der Waals surface area contributed by atoms with E-state index in [1.54, 1.807) is 16.8 Å². The summed E-state index contributed by atoms with van der Waals surface area (Å²) in [5, 5.41) is 4.55. The van der Waals surface area contributed by atoms with E-state index in [-0.39, 0.29) is 23.7 Å². The smallest absolute Gasteiger partial charge is 0.274 e. The van der Waals surface area contributed by atoms with Crippen molar-refractivity contribution in [2.75, 3.05) is 6.54 Å². The zero-order valence-corrected chi connectivity index (χ0v) is 14.8. The number of carbonyl (C=O) groups excluding carboxylic acids is 1. The van der Waals surface area contributed by atoms with Crippen LogP contribution in [-0.4, -0.2) is 38.2 Å². The van der Waals surface area contributed by atoms with Gasteiger partial charge in [-0.3, -0.25) is 9.48 Å². The summed E-state index contributed by atoms with van der Waals surface area (Å²) in [5.41, 5.74) is 1.28. The molecule has 6 nitrogen and oxygen atoms in total. The molecule has 0 bridgehead atoms. The highest BCUT2D eigenvalue weighted by Gasteiger charge is 2.33. The molecule has 0 saturated carbocycles. The van der Waals surface area contributed by atoms with E-state index in [0.29, 0.717) is 17.4 Å². The molecule has 3 rings (SSSR count). The SMILES string of the molecule is CC(C)Oc1ccc(Cl)c(C(=O)N2CCCC2c2cnn(C)c2)n1. The third kappa shape index (κ3) is 3.38. The quantitative estimate of drug-likeness (QED) is 0.851. The molecule has 0 spiro atoms. The second kappa shape index (κ2) is 6.81. The van der Waals surface area contributed by atoms with Gasteiger partial charge in [0.05, 0.1) is 23.4 Å². The van der Waals surface area contributed by atoms with Crippen molar-refractivity contribution in [1.82, 2.24) is 19.7 Å². The fourth-order valence-electron chi connectivity index (χ4n) is 2.99. The molecule has 24 heavy (non-hydrogen) atoms. The molecule has 128 valence electrons. The van der Waals surface area contributed by atoms with Gasteiger partial charge < -0.3 is 9.64 Å². The van der Waals surface area contributed by atoms with Crippen LogP contribution in [0.1, 0.15) is 48.8 Å². The second-order valence-corrected chi connectivity index (χ2v) is 6.66. The number of aromatic nitrogens is 3. The summed E-state index contributed by atoms with van der Waals surface area (Å²) in [5.74, 6) is 0.246. The summed E-state index contributed by atoms with van der Waals surface area (Å²) in [6, 6.07) is 3.36. The van der Waals surface area contributed by atoms with Crippen LogP contribution in [0.3, 0.4) is 0 Å². The van der Waals surface area contributed by atoms with Gasteiger partial charge in [0, 0.05) is 31.4 Å². The number of aryl methyl sites for hydroxylation is 1. The minimum Gasteiger partial charge on any atom is -0.475 e. The first kappa shape index (κ1) is 16.8. The average molecular weight is 349 g/mol. The molecular weight excluding hydrogens is 328 g/mol. The van der Waals surface area contributed by atoms with Crippen LogP contribution >= 0.6 is 11.6 Å². The molecule has 0 aliphatic carbocycles. The lowest BCUT2D eigenvalue weighted by molar-refractivity contribution is 0.0728. The second-order valence-electron chi connectivity index (χ2n) is 6.25. The first-order valence-corrected chi connectivity index (χ1v) is 8.46. The number of amides is 1. The number of likely N-dealkylation sites (tertiary alicyclic amines) is 1. The fourth-order valence-corrected chi connectivity index (χ4v) is 3.17. The van der Waals surface area contributed by atoms with Crippen LogP contribution in [0.4, 0.5) is 0 Å². The van der Waals surface area contributed by atoms with Crippen LogP contribution in [0, 0.1) is 0 Å². The van der Waals surface area contributed by atoms with Crippen LogP contribution in [-0.2, 0) is 7.05 Å². The van der Waals surface area contributed by atoms with Crippen LogP contribution in [0.15, 0.2) is 24.5 Å². The van der Waals surface area contributed by atoms with E-state index in [9.17, 15) is 4.79 Å². The summed E-state index contributed by atoms with van der Waals surface area (Å²) in [4.78, 5) is 19.1. The minimum absolute atomic E-state index is 0.0127. The minimum atomic E-state index is -0.166. The lowest BCUT2D eigenvalue weighted by atomic mass is 10.1. The van der Waals surface area contributed by atoms with Gasteiger partial charge in [-0.05, 0) is 32.8 Å². The number of rotatable bonds is 4. The maximum Gasteiger partial charge on any atom is 0.274 e. The highest BCUT2D eigenvalue weighted by molar-refractivity contribution is 6.33. The molecule has 0 aromatic carbocycles. The van der Waals surface area contributed by atoms with Gasteiger partial charge in [-0.15, -0.1) is 0 Å². The highest BCUT2D eigenvalue weighted by Crippen LogP contribution is 2.33. The molecule has 1 saturated heterocycles. The van der Waals surface area contributed by atoms with Crippen LogP contribution in [0.5, 0.6) is 5.88 Å². The first-order valence-electron chi connectivity index (χ1n) is 8.08. The zero-order chi connectivity index (χ0) is 17.3. The van der Waals surface area contributed by atoms with Crippen molar-refractivity contribution in [2.24, 2.45) is 7.05 Å². The summed E-state index contributed by atoms with van der Waals surface area (Å²) in [7, 11) is 1.87. The van der Waals surface area contributed by atoms with Gasteiger partial charge in [-0.2, -0.15) is 5.10 Å². The molecule has 0 radical (unpaired) electrons. The van der Waals surface area contributed by atoms with Crippen molar-refractivity contribution in [2.45, 2.75) is 38.8 Å². The van der Waals surface area contributed by atoms with Gasteiger partial charge in [-0.25, -0.2) is 4.98 Å². The topological polar surface area (TPSA) is 60.2 Å². The maximum atomic E-state index is 13.0. The molecule has 1 fully saturated rings. The lowest BCUT2D eigenvalue weighted by Gasteiger charge is -2.24. The molecule has 1 aliphatic heterocycles. The van der Waals surface area contributed by atoms with E-state index in [1.807, 2.05) is 38.2 Å². The van der Waals surface area contributed by atoms with Crippen molar-refractivity contribution in [1.29, 1.82) is 0 Å². The molecule has 1 atom stereocenters. The Labute approximate surface area is 146 Å². The molecule has 0 N–H and O–H groups in total. The number of hydrogen-bond donors (Lipinski definition) is 0. The van der Waals surface area contributed by atoms with Gasteiger partial charge in [0.1, 0.15) is 0 Å². The Morgan fingerprint density at radius 1 is 1.42 bits per heavy atom. The number of carbonyl (C=O) groups is 1. The van der Waals surface area contributed by atoms with Crippen LogP contribution in [0.25, 0.3) is 0 Å². The molecule has 3 heterocycles. The van der Waals surface area contributed by atoms with Crippen molar-refractivity contribution < 1.29 is 9.53 Å². The monoisotopic (exact) mass is 348 g/mol. The predicted molar refractivity (Wildman–Crippen MR) is 91.2 cm³/mol.